The van der Waals surface area contributed by atoms with E-state index < -0.39 is 0 Å². The third kappa shape index (κ3) is 1.30. The number of nitriles is 1. The van der Waals surface area contributed by atoms with Crippen molar-refractivity contribution in [2.45, 2.75) is 0 Å². The Bertz CT molecular complexity index is 510. The van der Waals surface area contributed by atoms with Crippen molar-refractivity contribution < 1.29 is 0 Å². The van der Waals surface area contributed by atoms with Crippen molar-refractivity contribution in [2.75, 3.05) is 5.73 Å². The standard InChI is InChI=1S/C9H5BrN2S/c10-9-8(12)6-3-5(4-11)1-2-7(6)13-9/h1-3H,12H2. The van der Waals surface area contributed by atoms with Gasteiger partial charge >= 0.3 is 0 Å². The topological polar surface area (TPSA) is 49.8 Å². The molecule has 4 heteroatoms. The van der Waals surface area contributed by atoms with Crippen LogP contribution in [0.1, 0.15) is 5.56 Å². The molecule has 2 nitrogen and oxygen atoms in total. The van der Waals surface area contributed by atoms with Crippen LogP contribution >= 0.6 is 27.3 Å². The lowest BCUT2D eigenvalue weighted by atomic mass is 10.2. The highest BCUT2D eigenvalue weighted by Gasteiger charge is 2.06. The zero-order valence-corrected chi connectivity index (χ0v) is 8.95. The summed E-state index contributed by atoms with van der Waals surface area (Å²) in [6.45, 7) is 0. The molecule has 0 aliphatic carbocycles. The molecule has 0 amide bonds. The minimum absolute atomic E-state index is 0.643. The number of fused-ring (bicyclic) bond motifs is 1. The van der Waals surface area contributed by atoms with Crippen LogP contribution in [-0.2, 0) is 0 Å². The Balaban J connectivity index is 2.84. The molecule has 0 radical (unpaired) electrons. The second kappa shape index (κ2) is 3.02. The molecule has 2 aromatic rings. The molecule has 13 heavy (non-hydrogen) atoms. The van der Waals surface area contributed by atoms with E-state index in [1.54, 1.807) is 17.4 Å². The third-order valence-corrected chi connectivity index (χ3v) is 3.70. The number of rotatable bonds is 0. The van der Waals surface area contributed by atoms with Crippen molar-refractivity contribution in [3.05, 3.63) is 27.5 Å². The third-order valence-electron chi connectivity index (χ3n) is 1.81. The Morgan fingerprint density at radius 2 is 2.23 bits per heavy atom. The Labute approximate surface area is 87.7 Å². The molecule has 1 aromatic heterocycles. The van der Waals surface area contributed by atoms with Crippen LogP contribution in [-0.4, -0.2) is 0 Å². The molecule has 0 spiro atoms. The Kier molecular flexibility index (Phi) is 1.98. The molecule has 1 heterocycles. The minimum Gasteiger partial charge on any atom is -0.397 e. The van der Waals surface area contributed by atoms with E-state index in [9.17, 15) is 0 Å². The first-order valence-corrected chi connectivity index (χ1v) is 5.21. The Morgan fingerprint density at radius 1 is 1.46 bits per heavy atom. The van der Waals surface area contributed by atoms with Crippen LogP contribution in [0.25, 0.3) is 10.1 Å². The lowest BCUT2D eigenvalue weighted by Crippen LogP contribution is -1.82. The van der Waals surface area contributed by atoms with Gasteiger partial charge in [0.15, 0.2) is 0 Å². The predicted octanol–water partition coefficient (Wildman–Crippen LogP) is 3.12. The maximum absolute atomic E-state index is 8.70. The van der Waals surface area contributed by atoms with E-state index in [0.717, 1.165) is 19.6 Å². The number of nitrogen functional groups attached to an aromatic ring is 1. The fourth-order valence-electron chi connectivity index (χ4n) is 1.16. The molecule has 0 aliphatic heterocycles. The van der Waals surface area contributed by atoms with Gasteiger partial charge in [-0.25, -0.2) is 0 Å². The van der Waals surface area contributed by atoms with E-state index in [0.29, 0.717) is 5.56 Å². The van der Waals surface area contributed by atoms with Gasteiger partial charge in [0.2, 0.25) is 0 Å². The number of thiophene rings is 1. The SMILES string of the molecule is N#Cc1ccc2sc(Br)c(N)c2c1. The van der Waals surface area contributed by atoms with Crippen molar-refractivity contribution in [1.82, 2.24) is 0 Å². The van der Waals surface area contributed by atoms with E-state index in [1.807, 2.05) is 12.1 Å². The van der Waals surface area contributed by atoms with Gasteiger partial charge in [0, 0.05) is 10.1 Å². The number of nitrogens with zero attached hydrogens (tertiary/aromatic N) is 1. The summed E-state index contributed by atoms with van der Waals surface area (Å²) < 4.78 is 2.03. The van der Waals surface area contributed by atoms with Gasteiger partial charge in [0.25, 0.3) is 0 Å². The van der Waals surface area contributed by atoms with Crippen LogP contribution in [0.5, 0.6) is 0 Å². The highest BCUT2D eigenvalue weighted by Crippen LogP contribution is 2.37. The first-order chi connectivity index (χ1) is 6.22. The first-order valence-electron chi connectivity index (χ1n) is 3.60. The average molecular weight is 253 g/mol. The molecular weight excluding hydrogens is 248 g/mol. The quantitative estimate of drug-likeness (QED) is 0.784. The van der Waals surface area contributed by atoms with Crippen molar-refractivity contribution in [2.24, 2.45) is 0 Å². The highest BCUT2D eigenvalue weighted by atomic mass is 79.9. The Hall–Kier alpha value is -1.05. The number of benzene rings is 1. The zero-order chi connectivity index (χ0) is 9.42. The molecule has 0 saturated carbocycles. The van der Waals surface area contributed by atoms with Gasteiger partial charge in [0.1, 0.15) is 0 Å². The van der Waals surface area contributed by atoms with E-state index in [-0.39, 0.29) is 0 Å². The second-order valence-electron chi connectivity index (χ2n) is 2.61. The number of halogens is 1. The zero-order valence-electron chi connectivity index (χ0n) is 6.54. The average Bonchev–Trinajstić information content (AvgIpc) is 2.43. The van der Waals surface area contributed by atoms with Crippen LogP contribution in [0.4, 0.5) is 5.69 Å². The maximum atomic E-state index is 8.70. The molecule has 2 N–H and O–H groups in total. The van der Waals surface area contributed by atoms with Gasteiger partial charge in [-0.15, -0.1) is 11.3 Å². The molecule has 64 valence electrons. The van der Waals surface area contributed by atoms with Gasteiger partial charge in [-0.2, -0.15) is 5.26 Å². The predicted molar refractivity (Wildman–Crippen MR) is 58.7 cm³/mol. The van der Waals surface area contributed by atoms with Crippen molar-refractivity contribution in [3.63, 3.8) is 0 Å². The molecule has 0 fully saturated rings. The van der Waals surface area contributed by atoms with Crippen molar-refractivity contribution in [3.8, 4) is 6.07 Å². The second-order valence-corrected chi connectivity index (χ2v) is 4.98. The summed E-state index contributed by atoms with van der Waals surface area (Å²) in [6, 6.07) is 7.61. The smallest absolute Gasteiger partial charge is 0.0991 e. The summed E-state index contributed by atoms with van der Waals surface area (Å²) in [5.41, 5.74) is 7.18. The number of hydrogen-bond donors (Lipinski definition) is 1. The van der Waals surface area contributed by atoms with E-state index in [4.69, 9.17) is 11.0 Å². The van der Waals surface area contributed by atoms with Gasteiger partial charge in [-0.1, -0.05) is 0 Å². The number of anilines is 1. The Morgan fingerprint density at radius 3 is 2.92 bits per heavy atom. The van der Waals surface area contributed by atoms with Crippen molar-refractivity contribution in [1.29, 1.82) is 5.26 Å². The normalized spacial score (nSPS) is 10.2. The van der Waals surface area contributed by atoms with Crippen molar-refractivity contribution >= 4 is 43.0 Å². The lowest BCUT2D eigenvalue weighted by molar-refractivity contribution is 1.50. The summed E-state index contributed by atoms with van der Waals surface area (Å²) in [5.74, 6) is 0. The summed E-state index contributed by atoms with van der Waals surface area (Å²) in [5, 5.41) is 9.65. The fraction of sp³-hybridized carbons (Fsp3) is 0. The maximum Gasteiger partial charge on any atom is 0.0991 e. The molecule has 0 atom stereocenters. The summed E-state index contributed by atoms with van der Waals surface area (Å²) in [6.07, 6.45) is 0. The van der Waals surface area contributed by atoms with Crippen LogP contribution < -0.4 is 5.73 Å². The van der Waals surface area contributed by atoms with E-state index in [1.165, 1.54) is 0 Å². The van der Waals surface area contributed by atoms with Crippen LogP contribution in [0.15, 0.2) is 22.0 Å². The monoisotopic (exact) mass is 252 g/mol. The molecule has 0 bridgehead atoms. The van der Waals surface area contributed by atoms with Gasteiger partial charge in [-0.3, -0.25) is 0 Å². The summed E-state index contributed by atoms with van der Waals surface area (Å²) in [4.78, 5) is 0. The fourth-order valence-corrected chi connectivity index (χ4v) is 2.72. The summed E-state index contributed by atoms with van der Waals surface area (Å²) in [7, 11) is 0. The molecule has 0 unspecified atom stereocenters. The molecule has 0 saturated heterocycles. The molecule has 1 aromatic carbocycles. The number of hydrogen-bond acceptors (Lipinski definition) is 3. The van der Waals surface area contributed by atoms with Crippen LogP contribution in [0.2, 0.25) is 0 Å². The first kappa shape index (κ1) is 8.54. The summed E-state index contributed by atoms with van der Waals surface area (Å²) >= 11 is 4.95. The van der Waals surface area contributed by atoms with Gasteiger partial charge in [0.05, 0.1) is 21.1 Å². The van der Waals surface area contributed by atoms with Gasteiger partial charge in [-0.05, 0) is 34.1 Å². The van der Waals surface area contributed by atoms with Crippen LogP contribution in [0.3, 0.4) is 0 Å². The molecular formula is C9H5BrN2S. The van der Waals surface area contributed by atoms with E-state index in [2.05, 4.69) is 22.0 Å². The van der Waals surface area contributed by atoms with E-state index >= 15 is 0 Å². The lowest BCUT2D eigenvalue weighted by Gasteiger charge is -1.91. The number of nitrogens with two attached hydrogens (primary N) is 1. The molecule has 0 aliphatic rings. The molecule has 2 rings (SSSR count). The highest BCUT2D eigenvalue weighted by molar-refractivity contribution is 9.11. The van der Waals surface area contributed by atoms with Crippen LogP contribution in [0, 0.1) is 11.3 Å². The minimum atomic E-state index is 0.643. The largest absolute Gasteiger partial charge is 0.397 e. The van der Waals surface area contributed by atoms with Gasteiger partial charge < -0.3 is 5.73 Å².